The van der Waals surface area contributed by atoms with E-state index in [2.05, 4.69) is 42.0 Å². The number of nitrogens with zero attached hydrogens (tertiary/aromatic N) is 2. The van der Waals surface area contributed by atoms with Crippen LogP contribution in [0.15, 0.2) is 34.2 Å². The number of aromatic nitrogens is 2. The first kappa shape index (κ1) is 12.4. The van der Waals surface area contributed by atoms with Crippen molar-refractivity contribution in [1.29, 1.82) is 0 Å². The smallest absolute Gasteiger partial charge is 0.223 e. The van der Waals surface area contributed by atoms with Gasteiger partial charge in [-0.3, -0.25) is 0 Å². The first-order valence-electron chi connectivity index (χ1n) is 5.31. The van der Waals surface area contributed by atoms with E-state index >= 15 is 0 Å². The molecule has 17 heavy (non-hydrogen) atoms. The first-order chi connectivity index (χ1) is 8.04. The van der Waals surface area contributed by atoms with Crippen LogP contribution in [0.4, 0.5) is 0 Å². The molecule has 1 aromatic heterocycles. The van der Waals surface area contributed by atoms with Crippen LogP contribution in [-0.2, 0) is 0 Å². The Kier molecular flexibility index (Phi) is 3.69. The lowest BCUT2D eigenvalue weighted by Crippen LogP contribution is -1.90. The standard InChI is InChI=1S/C13H13ClN2S/c1-8-4-5-9(2)11(6-8)17-12-7-10(3)15-13(14)16-12/h4-7H,1-3H3. The van der Waals surface area contributed by atoms with Crippen molar-refractivity contribution >= 4 is 23.4 Å². The van der Waals surface area contributed by atoms with E-state index in [0.29, 0.717) is 5.28 Å². The third kappa shape index (κ3) is 3.20. The van der Waals surface area contributed by atoms with Gasteiger partial charge in [-0.2, -0.15) is 0 Å². The van der Waals surface area contributed by atoms with Crippen molar-refractivity contribution in [1.82, 2.24) is 9.97 Å². The third-order valence-corrected chi connectivity index (χ3v) is 3.61. The monoisotopic (exact) mass is 264 g/mol. The summed E-state index contributed by atoms with van der Waals surface area (Å²) in [6, 6.07) is 8.33. The highest BCUT2D eigenvalue weighted by atomic mass is 35.5. The van der Waals surface area contributed by atoms with E-state index in [4.69, 9.17) is 11.6 Å². The van der Waals surface area contributed by atoms with E-state index in [0.717, 1.165) is 10.7 Å². The van der Waals surface area contributed by atoms with E-state index < -0.39 is 0 Å². The van der Waals surface area contributed by atoms with Crippen LogP contribution in [0, 0.1) is 20.8 Å². The average Bonchev–Trinajstić information content (AvgIpc) is 2.22. The topological polar surface area (TPSA) is 25.8 Å². The highest BCUT2D eigenvalue weighted by Crippen LogP contribution is 2.30. The summed E-state index contributed by atoms with van der Waals surface area (Å²) in [6.45, 7) is 6.10. The van der Waals surface area contributed by atoms with Crippen LogP contribution >= 0.6 is 23.4 Å². The van der Waals surface area contributed by atoms with Crippen molar-refractivity contribution in [3.05, 3.63) is 46.4 Å². The van der Waals surface area contributed by atoms with Crippen molar-refractivity contribution in [2.24, 2.45) is 0 Å². The Balaban J connectivity index is 2.34. The molecule has 1 heterocycles. The molecule has 1 aromatic carbocycles. The van der Waals surface area contributed by atoms with E-state index in [-0.39, 0.29) is 0 Å². The molecule has 2 rings (SSSR count). The molecule has 0 saturated heterocycles. The highest BCUT2D eigenvalue weighted by molar-refractivity contribution is 7.99. The zero-order valence-electron chi connectivity index (χ0n) is 9.99. The van der Waals surface area contributed by atoms with Gasteiger partial charge in [0.25, 0.3) is 0 Å². The fraction of sp³-hybridized carbons (Fsp3) is 0.231. The fourth-order valence-corrected chi connectivity index (χ4v) is 2.82. The molecule has 0 fully saturated rings. The Morgan fingerprint density at radius 1 is 1.06 bits per heavy atom. The lowest BCUT2D eigenvalue weighted by molar-refractivity contribution is 1.01. The van der Waals surface area contributed by atoms with E-state index in [1.807, 2.05) is 13.0 Å². The van der Waals surface area contributed by atoms with Crippen LogP contribution < -0.4 is 0 Å². The van der Waals surface area contributed by atoms with Crippen LogP contribution in [0.2, 0.25) is 5.28 Å². The second-order valence-corrected chi connectivity index (χ2v) is 5.39. The zero-order valence-corrected chi connectivity index (χ0v) is 11.6. The van der Waals surface area contributed by atoms with Gasteiger partial charge < -0.3 is 0 Å². The molecule has 0 saturated carbocycles. The van der Waals surface area contributed by atoms with E-state index in [1.54, 1.807) is 11.8 Å². The molecule has 0 radical (unpaired) electrons. The predicted octanol–water partition coefficient (Wildman–Crippen LogP) is 4.21. The van der Waals surface area contributed by atoms with Crippen molar-refractivity contribution in [3.8, 4) is 0 Å². The molecule has 0 aliphatic carbocycles. The molecule has 4 heteroatoms. The first-order valence-corrected chi connectivity index (χ1v) is 6.50. The van der Waals surface area contributed by atoms with Gasteiger partial charge >= 0.3 is 0 Å². The van der Waals surface area contributed by atoms with Gasteiger partial charge in [0.2, 0.25) is 5.28 Å². The Morgan fingerprint density at radius 3 is 2.53 bits per heavy atom. The number of aryl methyl sites for hydroxylation is 3. The van der Waals surface area contributed by atoms with Gasteiger partial charge in [-0.1, -0.05) is 23.9 Å². The van der Waals surface area contributed by atoms with E-state index in [9.17, 15) is 0 Å². The fourth-order valence-electron chi connectivity index (χ4n) is 1.49. The number of rotatable bonds is 2. The summed E-state index contributed by atoms with van der Waals surface area (Å²) in [6.07, 6.45) is 0. The van der Waals surface area contributed by atoms with Gasteiger partial charge in [-0.15, -0.1) is 0 Å². The molecule has 0 bridgehead atoms. The summed E-state index contributed by atoms with van der Waals surface area (Å²) >= 11 is 7.47. The number of hydrogen-bond acceptors (Lipinski definition) is 3. The average molecular weight is 265 g/mol. The molecule has 0 aliphatic heterocycles. The Bertz CT molecular complexity index is 535. The van der Waals surface area contributed by atoms with Gasteiger partial charge in [0.05, 0.1) is 0 Å². The molecule has 0 amide bonds. The van der Waals surface area contributed by atoms with Gasteiger partial charge in [0.1, 0.15) is 5.03 Å². The van der Waals surface area contributed by atoms with Gasteiger partial charge in [0.15, 0.2) is 0 Å². The lowest BCUT2D eigenvalue weighted by atomic mass is 10.2. The Hall–Kier alpha value is -1.06. The van der Waals surface area contributed by atoms with Crippen LogP contribution in [-0.4, -0.2) is 9.97 Å². The number of halogens is 1. The Morgan fingerprint density at radius 2 is 1.82 bits per heavy atom. The minimum absolute atomic E-state index is 0.304. The summed E-state index contributed by atoms with van der Waals surface area (Å²) in [5.74, 6) is 0. The summed E-state index contributed by atoms with van der Waals surface area (Å²) in [4.78, 5) is 9.48. The van der Waals surface area contributed by atoms with Crippen molar-refractivity contribution in [2.45, 2.75) is 30.7 Å². The molecule has 0 atom stereocenters. The largest absolute Gasteiger partial charge is 0.223 e. The molecule has 88 valence electrons. The molecular weight excluding hydrogens is 252 g/mol. The number of benzene rings is 1. The zero-order chi connectivity index (χ0) is 12.4. The maximum atomic E-state index is 5.85. The predicted molar refractivity (Wildman–Crippen MR) is 71.8 cm³/mol. The Labute approximate surface area is 110 Å². The molecule has 0 aliphatic rings. The third-order valence-electron chi connectivity index (χ3n) is 2.36. The minimum atomic E-state index is 0.304. The summed E-state index contributed by atoms with van der Waals surface area (Å²) in [5.41, 5.74) is 3.38. The normalized spacial score (nSPS) is 10.6. The SMILES string of the molecule is Cc1ccc(C)c(Sc2cc(C)nc(Cl)n2)c1. The molecule has 0 spiro atoms. The van der Waals surface area contributed by atoms with Crippen LogP contribution in [0.25, 0.3) is 0 Å². The molecular formula is C13H13ClN2S. The molecule has 0 N–H and O–H groups in total. The summed E-state index contributed by atoms with van der Waals surface area (Å²) in [5, 5.41) is 1.19. The lowest BCUT2D eigenvalue weighted by Gasteiger charge is -2.06. The maximum absolute atomic E-state index is 5.85. The van der Waals surface area contributed by atoms with Crippen LogP contribution in [0.1, 0.15) is 16.8 Å². The van der Waals surface area contributed by atoms with Gasteiger partial charge in [0, 0.05) is 10.6 Å². The molecule has 2 nitrogen and oxygen atoms in total. The molecule has 2 aromatic rings. The van der Waals surface area contributed by atoms with Gasteiger partial charge in [-0.25, -0.2) is 9.97 Å². The summed E-state index contributed by atoms with van der Waals surface area (Å²) in [7, 11) is 0. The number of hydrogen-bond donors (Lipinski definition) is 0. The van der Waals surface area contributed by atoms with Crippen LogP contribution in [0.3, 0.4) is 0 Å². The van der Waals surface area contributed by atoms with Crippen molar-refractivity contribution < 1.29 is 0 Å². The highest BCUT2D eigenvalue weighted by Gasteiger charge is 2.05. The van der Waals surface area contributed by atoms with Crippen LogP contribution in [0.5, 0.6) is 0 Å². The van der Waals surface area contributed by atoms with Crippen molar-refractivity contribution in [2.75, 3.05) is 0 Å². The quantitative estimate of drug-likeness (QED) is 0.600. The molecule has 0 unspecified atom stereocenters. The summed E-state index contributed by atoms with van der Waals surface area (Å²) < 4.78 is 0. The van der Waals surface area contributed by atoms with Gasteiger partial charge in [-0.05, 0) is 55.6 Å². The second kappa shape index (κ2) is 5.07. The van der Waals surface area contributed by atoms with E-state index in [1.165, 1.54) is 16.0 Å². The second-order valence-electron chi connectivity index (χ2n) is 3.99. The van der Waals surface area contributed by atoms with Crippen molar-refractivity contribution in [3.63, 3.8) is 0 Å². The maximum Gasteiger partial charge on any atom is 0.223 e. The minimum Gasteiger partial charge on any atom is -0.223 e.